The van der Waals surface area contributed by atoms with E-state index in [1.54, 1.807) is 61.5 Å². The van der Waals surface area contributed by atoms with Crippen LogP contribution in [0.2, 0.25) is 0 Å². The van der Waals surface area contributed by atoms with Gasteiger partial charge in [-0.25, -0.2) is 5.43 Å². The largest absolute Gasteiger partial charge is 0.459 e. The van der Waals surface area contributed by atoms with Gasteiger partial charge in [0.1, 0.15) is 0 Å². The summed E-state index contributed by atoms with van der Waals surface area (Å²) in [5.74, 6) is -0.387. The number of furan rings is 1. The molecule has 2 aromatic carbocycles. The molecule has 0 aliphatic rings. The molecule has 1 heterocycles. The molecule has 6 heteroatoms. The Balaban J connectivity index is 1.68. The molecule has 26 heavy (non-hydrogen) atoms. The maximum absolute atomic E-state index is 12.0. The molecule has 0 atom stereocenters. The van der Waals surface area contributed by atoms with Gasteiger partial charge in [0.05, 0.1) is 12.0 Å². The lowest BCUT2D eigenvalue weighted by atomic mass is 10.1. The Bertz CT molecular complexity index is 932. The van der Waals surface area contributed by atoms with Gasteiger partial charge in [-0.05, 0) is 48.9 Å². The molecule has 0 saturated carbocycles. The van der Waals surface area contributed by atoms with Crippen molar-refractivity contribution in [3.8, 4) is 0 Å². The highest BCUT2D eigenvalue weighted by Crippen LogP contribution is 2.13. The topological polar surface area (TPSA) is 83.7 Å². The van der Waals surface area contributed by atoms with Gasteiger partial charge in [-0.2, -0.15) is 5.10 Å². The van der Waals surface area contributed by atoms with Gasteiger partial charge in [-0.3, -0.25) is 9.59 Å². The molecular weight excluding hydrogens is 330 g/mol. The van der Waals surface area contributed by atoms with E-state index in [0.29, 0.717) is 17.0 Å². The van der Waals surface area contributed by atoms with E-state index in [-0.39, 0.29) is 17.6 Å². The molecule has 0 fully saturated rings. The molecular formula is C20H17N3O3. The summed E-state index contributed by atoms with van der Waals surface area (Å²) in [5, 5.41) is 6.88. The number of nitrogens with zero attached hydrogens (tertiary/aromatic N) is 1. The van der Waals surface area contributed by atoms with E-state index in [1.807, 2.05) is 12.1 Å². The fourth-order valence-electron chi connectivity index (χ4n) is 2.28. The average molecular weight is 347 g/mol. The van der Waals surface area contributed by atoms with Crippen molar-refractivity contribution in [2.75, 3.05) is 5.32 Å². The minimum Gasteiger partial charge on any atom is -0.459 e. The molecule has 0 unspecified atom stereocenters. The van der Waals surface area contributed by atoms with Crippen molar-refractivity contribution in [2.24, 2.45) is 5.10 Å². The minimum atomic E-state index is -0.334. The van der Waals surface area contributed by atoms with Crippen LogP contribution in [0, 0.1) is 0 Å². The molecule has 0 radical (unpaired) electrons. The number of hydrogen-bond acceptors (Lipinski definition) is 4. The number of carbonyl (C=O) groups is 2. The summed E-state index contributed by atoms with van der Waals surface area (Å²) in [6.07, 6.45) is 1.44. The number of benzene rings is 2. The van der Waals surface area contributed by atoms with Crippen LogP contribution in [0.15, 0.2) is 82.5 Å². The Labute approximate surface area is 150 Å². The Morgan fingerprint density at radius 2 is 1.65 bits per heavy atom. The smallest absolute Gasteiger partial charge is 0.291 e. The van der Waals surface area contributed by atoms with Crippen LogP contribution in [0.25, 0.3) is 0 Å². The zero-order chi connectivity index (χ0) is 18.4. The monoisotopic (exact) mass is 347 g/mol. The fourth-order valence-corrected chi connectivity index (χ4v) is 2.28. The third-order valence-corrected chi connectivity index (χ3v) is 3.64. The van der Waals surface area contributed by atoms with Crippen molar-refractivity contribution >= 4 is 23.2 Å². The van der Waals surface area contributed by atoms with E-state index in [1.165, 1.54) is 6.26 Å². The van der Waals surface area contributed by atoms with Gasteiger partial charge in [0.2, 0.25) is 0 Å². The standard InChI is InChI=1S/C20H17N3O3/c1-14(22-23-19(24)15-7-3-2-4-8-15)16-9-5-10-17(13-16)21-20(25)18-11-6-12-26-18/h2-13H,1H3,(H,21,25)(H,23,24)/b22-14+. The molecule has 3 aromatic rings. The minimum absolute atomic E-state index is 0.232. The molecule has 3 rings (SSSR count). The molecule has 6 nitrogen and oxygen atoms in total. The molecule has 0 spiro atoms. The lowest BCUT2D eigenvalue weighted by Gasteiger charge is -2.07. The summed E-state index contributed by atoms with van der Waals surface area (Å²) in [6.45, 7) is 1.78. The Hall–Kier alpha value is -3.67. The maximum Gasteiger partial charge on any atom is 0.291 e. The van der Waals surface area contributed by atoms with Crippen LogP contribution in [0.1, 0.15) is 33.4 Å². The predicted octanol–water partition coefficient (Wildman–Crippen LogP) is 3.69. The highest BCUT2D eigenvalue weighted by molar-refractivity contribution is 6.04. The lowest BCUT2D eigenvalue weighted by Crippen LogP contribution is -2.19. The van der Waals surface area contributed by atoms with Gasteiger partial charge < -0.3 is 9.73 Å². The number of amides is 2. The highest BCUT2D eigenvalue weighted by atomic mass is 16.3. The lowest BCUT2D eigenvalue weighted by molar-refractivity contribution is 0.0953. The number of hydrogen-bond donors (Lipinski definition) is 2. The number of rotatable bonds is 5. The highest BCUT2D eigenvalue weighted by Gasteiger charge is 2.09. The second-order valence-electron chi connectivity index (χ2n) is 5.52. The van der Waals surface area contributed by atoms with E-state index in [4.69, 9.17) is 4.42 Å². The van der Waals surface area contributed by atoms with Crippen molar-refractivity contribution < 1.29 is 14.0 Å². The number of anilines is 1. The van der Waals surface area contributed by atoms with Crippen LogP contribution in [-0.2, 0) is 0 Å². The second-order valence-corrected chi connectivity index (χ2v) is 5.52. The van der Waals surface area contributed by atoms with Crippen LogP contribution in [-0.4, -0.2) is 17.5 Å². The van der Waals surface area contributed by atoms with Crippen LogP contribution in [0.4, 0.5) is 5.69 Å². The first-order valence-electron chi connectivity index (χ1n) is 7.98. The maximum atomic E-state index is 12.0. The van der Waals surface area contributed by atoms with Gasteiger partial charge in [0.25, 0.3) is 11.8 Å². The summed E-state index contributed by atoms with van der Waals surface area (Å²) < 4.78 is 5.07. The van der Waals surface area contributed by atoms with Gasteiger partial charge in [-0.15, -0.1) is 0 Å². The SMILES string of the molecule is C/C(=N\NC(=O)c1ccccc1)c1cccc(NC(=O)c2ccco2)c1. The summed E-state index contributed by atoms with van der Waals surface area (Å²) in [5.41, 5.74) is 5.05. The molecule has 0 saturated heterocycles. The Kier molecular flexibility index (Phi) is 5.24. The van der Waals surface area contributed by atoms with Gasteiger partial charge >= 0.3 is 0 Å². The van der Waals surface area contributed by atoms with Gasteiger partial charge in [0, 0.05) is 11.3 Å². The molecule has 130 valence electrons. The molecule has 2 N–H and O–H groups in total. The van der Waals surface area contributed by atoms with Crippen LogP contribution in [0.3, 0.4) is 0 Å². The first kappa shape index (κ1) is 17.2. The van der Waals surface area contributed by atoms with Gasteiger partial charge in [0.15, 0.2) is 5.76 Å². The molecule has 2 amide bonds. The quantitative estimate of drug-likeness (QED) is 0.545. The number of hydrazone groups is 1. The van der Waals surface area contributed by atoms with E-state index >= 15 is 0 Å². The first-order valence-corrected chi connectivity index (χ1v) is 7.98. The summed E-state index contributed by atoms with van der Waals surface area (Å²) in [7, 11) is 0. The summed E-state index contributed by atoms with van der Waals surface area (Å²) in [6, 6.07) is 19.3. The normalized spacial score (nSPS) is 11.0. The zero-order valence-electron chi connectivity index (χ0n) is 14.1. The molecule has 0 aliphatic carbocycles. The average Bonchev–Trinajstić information content (AvgIpc) is 3.22. The van der Waals surface area contributed by atoms with Crippen LogP contribution < -0.4 is 10.7 Å². The number of carbonyl (C=O) groups excluding carboxylic acids is 2. The van der Waals surface area contributed by atoms with E-state index in [2.05, 4.69) is 15.8 Å². The first-order chi connectivity index (χ1) is 12.6. The van der Waals surface area contributed by atoms with Crippen molar-refractivity contribution in [1.29, 1.82) is 0 Å². The van der Waals surface area contributed by atoms with Crippen molar-refractivity contribution in [2.45, 2.75) is 6.92 Å². The van der Waals surface area contributed by atoms with Crippen molar-refractivity contribution in [3.63, 3.8) is 0 Å². The van der Waals surface area contributed by atoms with Crippen LogP contribution >= 0.6 is 0 Å². The molecule has 1 aromatic heterocycles. The van der Waals surface area contributed by atoms with Gasteiger partial charge in [-0.1, -0.05) is 30.3 Å². The predicted molar refractivity (Wildman–Crippen MR) is 99.2 cm³/mol. The zero-order valence-corrected chi connectivity index (χ0v) is 14.1. The third kappa shape index (κ3) is 4.24. The Morgan fingerprint density at radius 1 is 0.885 bits per heavy atom. The Morgan fingerprint density at radius 3 is 2.38 bits per heavy atom. The molecule has 0 aliphatic heterocycles. The summed E-state index contributed by atoms with van der Waals surface area (Å²) >= 11 is 0. The van der Waals surface area contributed by atoms with Crippen molar-refractivity contribution in [3.05, 3.63) is 89.9 Å². The summed E-state index contributed by atoms with van der Waals surface area (Å²) in [4.78, 5) is 24.1. The number of nitrogens with one attached hydrogen (secondary N) is 2. The van der Waals surface area contributed by atoms with E-state index in [0.717, 1.165) is 5.56 Å². The third-order valence-electron chi connectivity index (χ3n) is 3.64. The fraction of sp³-hybridized carbons (Fsp3) is 0.0500. The molecule has 0 bridgehead atoms. The second kappa shape index (κ2) is 7.94. The van der Waals surface area contributed by atoms with E-state index < -0.39 is 0 Å². The van der Waals surface area contributed by atoms with Crippen LogP contribution in [0.5, 0.6) is 0 Å². The van der Waals surface area contributed by atoms with Crippen molar-refractivity contribution in [1.82, 2.24) is 5.43 Å². The van der Waals surface area contributed by atoms with E-state index in [9.17, 15) is 9.59 Å².